The second-order valence-corrected chi connectivity index (χ2v) is 6.02. The molecule has 23 heavy (non-hydrogen) atoms. The van der Waals surface area contributed by atoms with Gasteiger partial charge in [-0.15, -0.1) is 0 Å². The van der Waals surface area contributed by atoms with Gasteiger partial charge in [-0.3, -0.25) is 5.43 Å². The van der Waals surface area contributed by atoms with E-state index in [0.717, 1.165) is 28.9 Å². The molecule has 0 amide bonds. The average molecular weight is 329 g/mol. The van der Waals surface area contributed by atoms with Gasteiger partial charge in [0.25, 0.3) is 0 Å². The van der Waals surface area contributed by atoms with Gasteiger partial charge in [0.15, 0.2) is 5.11 Å². The zero-order valence-electron chi connectivity index (χ0n) is 13.1. The lowest BCUT2D eigenvalue weighted by molar-refractivity contribution is 0.415. The fraction of sp³-hybridized carbons (Fsp3) is 0.294. The SMILES string of the molecule is COc1ccc(NC(=S)N/N=C\c2ccc([C@@H]3C[C@@H]3C)o2)cc1. The number of nitrogens with one attached hydrogen (secondary N) is 2. The van der Waals surface area contributed by atoms with E-state index >= 15 is 0 Å². The minimum atomic E-state index is 0.411. The van der Waals surface area contributed by atoms with Crippen molar-refractivity contribution in [3.63, 3.8) is 0 Å². The van der Waals surface area contributed by atoms with Crippen molar-refractivity contribution in [2.75, 3.05) is 12.4 Å². The molecule has 2 atom stereocenters. The lowest BCUT2D eigenvalue weighted by atomic mass is 10.3. The molecule has 0 unspecified atom stereocenters. The second kappa shape index (κ2) is 6.83. The summed E-state index contributed by atoms with van der Waals surface area (Å²) in [6.07, 6.45) is 2.83. The molecule has 6 heteroatoms. The Kier molecular flexibility index (Phi) is 4.62. The van der Waals surface area contributed by atoms with E-state index in [1.165, 1.54) is 6.42 Å². The van der Waals surface area contributed by atoms with Crippen molar-refractivity contribution in [3.05, 3.63) is 47.9 Å². The normalized spacial score (nSPS) is 19.6. The summed E-state index contributed by atoms with van der Waals surface area (Å²) in [4.78, 5) is 0. The van der Waals surface area contributed by atoms with Gasteiger partial charge in [0.1, 0.15) is 17.3 Å². The van der Waals surface area contributed by atoms with Gasteiger partial charge in [-0.2, -0.15) is 5.10 Å². The van der Waals surface area contributed by atoms with Gasteiger partial charge >= 0.3 is 0 Å². The van der Waals surface area contributed by atoms with Crippen LogP contribution in [0.3, 0.4) is 0 Å². The molecular formula is C17H19N3O2S. The summed E-state index contributed by atoms with van der Waals surface area (Å²) in [5, 5.41) is 7.54. The van der Waals surface area contributed by atoms with Gasteiger partial charge in [0.2, 0.25) is 0 Å². The molecule has 0 aliphatic heterocycles. The van der Waals surface area contributed by atoms with Gasteiger partial charge in [-0.25, -0.2) is 0 Å². The van der Waals surface area contributed by atoms with E-state index in [1.807, 2.05) is 36.4 Å². The monoisotopic (exact) mass is 329 g/mol. The Balaban J connectivity index is 1.48. The Labute approximate surface area is 140 Å². The summed E-state index contributed by atoms with van der Waals surface area (Å²) in [5.74, 6) is 3.86. The highest BCUT2D eigenvalue weighted by Crippen LogP contribution is 2.47. The van der Waals surface area contributed by atoms with E-state index in [0.29, 0.717) is 11.0 Å². The van der Waals surface area contributed by atoms with E-state index in [-0.39, 0.29) is 0 Å². The standard InChI is InChI=1S/C17H19N3O2S/c1-11-9-15(11)16-8-7-14(22-16)10-18-20-17(23)19-12-3-5-13(21-2)6-4-12/h3-8,10-11,15H,9H2,1-2H3,(H2,19,20,23)/b18-10-/t11-,15+/m0/s1. The highest BCUT2D eigenvalue weighted by Gasteiger charge is 2.36. The first kappa shape index (κ1) is 15.6. The molecule has 0 saturated heterocycles. The van der Waals surface area contributed by atoms with E-state index in [2.05, 4.69) is 22.8 Å². The molecular weight excluding hydrogens is 310 g/mol. The van der Waals surface area contributed by atoms with E-state index < -0.39 is 0 Å². The highest BCUT2D eigenvalue weighted by molar-refractivity contribution is 7.80. The fourth-order valence-electron chi connectivity index (χ4n) is 2.34. The maximum atomic E-state index is 5.74. The largest absolute Gasteiger partial charge is 0.497 e. The predicted molar refractivity (Wildman–Crippen MR) is 95.2 cm³/mol. The highest BCUT2D eigenvalue weighted by atomic mass is 32.1. The van der Waals surface area contributed by atoms with E-state index in [9.17, 15) is 0 Å². The Morgan fingerprint density at radius 2 is 2.04 bits per heavy atom. The van der Waals surface area contributed by atoms with Crippen molar-refractivity contribution >= 4 is 29.2 Å². The molecule has 5 nitrogen and oxygen atoms in total. The summed E-state index contributed by atoms with van der Waals surface area (Å²) < 4.78 is 10.8. The molecule has 1 aliphatic rings. The van der Waals surface area contributed by atoms with Crippen molar-refractivity contribution in [2.24, 2.45) is 11.0 Å². The Morgan fingerprint density at radius 3 is 2.70 bits per heavy atom. The maximum Gasteiger partial charge on any atom is 0.191 e. The molecule has 1 fully saturated rings. The van der Waals surface area contributed by atoms with Crippen LogP contribution in [0.25, 0.3) is 0 Å². The van der Waals surface area contributed by atoms with Gasteiger partial charge in [-0.05, 0) is 61.0 Å². The number of hydrogen-bond donors (Lipinski definition) is 2. The molecule has 2 aromatic rings. The van der Waals surface area contributed by atoms with Crippen molar-refractivity contribution < 1.29 is 9.15 Å². The summed E-state index contributed by atoms with van der Waals surface area (Å²) in [6, 6.07) is 11.4. The smallest absolute Gasteiger partial charge is 0.191 e. The van der Waals surface area contributed by atoms with Crippen LogP contribution >= 0.6 is 12.2 Å². The summed E-state index contributed by atoms with van der Waals surface area (Å²) in [5.41, 5.74) is 3.63. The molecule has 2 N–H and O–H groups in total. The molecule has 1 heterocycles. The van der Waals surface area contributed by atoms with Crippen molar-refractivity contribution in [2.45, 2.75) is 19.3 Å². The zero-order chi connectivity index (χ0) is 16.2. The topological polar surface area (TPSA) is 58.8 Å². The lowest BCUT2D eigenvalue weighted by Crippen LogP contribution is -2.23. The predicted octanol–water partition coefficient (Wildman–Crippen LogP) is 3.73. The lowest BCUT2D eigenvalue weighted by Gasteiger charge is -2.07. The fourth-order valence-corrected chi connectivity index (χ4v) is 2.51. The summed E-state index contributed by atoms with van der Waals surface area (Å²) in [7, 11) is 1.63. The molecule has 3 rings (SSSR count). The molecule has 120 valence electrons. The van der Waals surface area contributed by atoms with Crippen LogP contribution in [0.1, 0.15) is 30.8 Å². The van der Waals surface area contributed by atoms with Crippen LogP contribution in [0.15, 0.2) is 45.9 Å². The third-order valence-electron chi connectivity index (χ3n) is 3.83. The van der Waals surface area contributed by atoms with Gasteiger partial charge in [-0.1, -0.05) is 6.92 Å². The van der Waals surface area contributed by atoms with Crippen molar-refractivity contribution in [1.82, 2.24) is 5.43 Å². The van der Waals surface area contributed by atoms with E-state index in [1.54, 1.807) is 13.3 Å². The van der Waals surface area contributed by atoms with Crippen LogP contribution in [0.2, 0.25) is 0 Å². The number of methoxy groups -OCH3 is 1. The molecule has 1 aromatic heterocycles. The van der Waals surface area contributed by atoms with Crippen LogP contribution in [0.4, 0.5) is 5.69 Å². The summed E-state index contributed by atoms with van der Waals surface area (Å²) in [6.45, 7) is 2.23. The number of thiocarbonyl (C=S) groups is 1. The Morgan fingerprint density at radius 1 is 1.30 bits per heavy atom. The van der Waals surface area contributed by atoms with Crippen LogP contribution in [0, 0.1) is 5.92 Å². The number of anilines is 1. The van der Waals surface area contributed by atoms with Crippen LogP contribution in [-0.2, 0) is 0 Å². The van der Waals surface area contributed by atoms with Crippen LogP contribution in [-0.4, -0.2) is 18.4 Å². The van der Waals surface area contributed by atoms with Gasteiger partial charge < -0.3 is 14.5 Å². The average Bonchev–Trinajstić information content (AvgIpc) is 3.09. The van der Waals surface area contributed by atoms with Crippen molar-refractivity contribution in [3.8, 4) is 5.75 Å². The molecule has 0 bridgehead atoms. The number of rotatable bonds is 5. The number of nitrogens with zero attached hydrogens (tertiary/aromatic N) is 1. The third-order valence-corrected chi connectivity index (χ3v) is 4.02. The van der Waals surface area contributed by atoms with Crippen LogP contribution in [0.5, 0.6) is 5.75 Å². The molecule has 0 radical (unpaired) electrons. The third kappa shape index (κ3) is 4.10. The Bertz CT molecular complexity index is 709. The molecule has 0 spiro atoms. The molecule has 1 saturated carbocycles. The zero-order valence-corrected chi connectivity index (χ0v) is 13.9. The number of furan rings is 1. The number of hydrogen-bond acceptors (Lipinski definition) is 4. The number of benzene rings is 1. The number of hydrazone groups is 1. The first-order valence-corrected chi connectivity index (χ1v) is 7.90. The second-order valence-electron chi connectivity index (χ2n) is 5.61. The van der Waals surface area contributed by atoms with Gasteiger partial charge in [0.05, 0.1) is 13.3 Å². The number of ether oxygens (including phenoxy) is 1. The summed E-state index contributed by atoms with van der Waals surface area (Å²) >= 11 is 5.19. The first-order valence-electron chi connectivity index (χ1n) is 7.49. The first-order chi connectivity index (χ1) is 11.2. The minimum absolute atomic E-state index is 0.411. The molecule has 1 aromatic carbocycles. The maximum absolute atomic E-state index is 5.74. The van der Waals surface area contributed by atoms with Crippen molar-refractivity contribution in [1.29, 1.82) is 0 Å². The van der Waals surface area contributed by atoms with E-state index in [4.69, 9.17) is 21.4 Å². The van der Waals surface area contributed by atoms with Gasteiger partial charge in [0, 0.05) is 11.6 Å². The van der Waals surface area contributed by atoms with Crippen LogP contribution < -0.4 is 15.5 Å². The Hall–Kier alpha value is -2.34. The molecule has 1 aliphatic carbocycles. The quantitative estimate of drug-likeness (QED) is 0.497. The minimum Gasteiger partial charge on any atom is -0.497 e.